The van der Waals surface area contributed by atoms with Crippen LogP contribution in [0.25, 0.3) is 0 Å². The predicted octanol–water partition coefficient (Wildman–Crippen LogP) is 1.07. The summed E-state index contributed by atoms with van der Waals surface area (Å²) in [7, 11) is 0. The van der Waals surface area contributed by atoms with Gasteiger partial charge in [0.2, 0.25) is 0 Å². The van der Waals surface area contributed by atoms with Gasteiger partial charge in [-0.15, -0.1) is 12.4 Å². The number of hydrazine groups is 1. The third kappa shape index (κ3) is 1.44. The molecule has 2 aliphatic rings. The smallest absolute Gasteiger partial charge is 0.0253 e. The van der Waals surface area contributed by atoms with Gasteiger partial charge in [0.25, 0.3) is 0 Å². The summed E-state index contributed by atoms with van der Waals surface area (Å²) in [6.45, 7) is 1.20. The highest BCUT2D eigenvalue weighted by molar-refractivity contribution is 5.85. The first kappa shape index (κ1) is 8.31. The van der Waals surface area contributed by atoms with Gasteiger partial charge in [0.15, 0.2) is 0 Å². The fourth-order valence-electron chi connectivity index (χ4n) is 1.96. The minimum absolute atomic E-state index is 0. The number of halogens is 1. The molecule has 60 valence electrons. The van der Waals surface area contributed by atoms with Crippen LogP contribution in [0.15, 0.2) is 0 Å². The highest BCUT2D eigenvalue weighted by Crippen LogP contribution is 2.25. The Bertz CT molecular complexity index is 95.8. The van der Waals surface area contributed by atoms with Crippen molar-refractivity contribution in [2.45, 2.75) is 31.7 Å². The lowest BCUT2D eigenvalue weighted by molar-refractivity contribution is 0.334. The van der Waals surface area contributed by atoms with E-state index in [0.717, 1.165) is 12.0 Å². The molecule has 10 heavy (non-hydrogen) atoms. The highest BCUT2D eigenvalue weighted by Gasteiger charge is 2.28. The maximum absolute atomic E-state index is 3.31. The van der Waals surface area contributed by atoms with E-state index in [1.165, 1.54) is 32.2 Å². The van der Waals surface area contributed by atoms with Crippen molar-refractivity contribution in [3.05, 3.63) is 0 Å². The number of rotatable bonds is 0. The first-order valence-corrected chi connectivity index (χ1v) is 3.95. The van der Waals surface area contributed by atoms with Crippen LogP contribution in [-0.2, 0) is 0 Å². The molecular weight excluding hydrogens is 148 g/mol. The average Bonchev–Trinajstić information content (AvgIpc) is 2.33. The summed E-state index contributed by atoms with van der Waals surface area (Å²) < 4.78 is 0. The Hall–Kier alpha value is 0.210. The first-order chi connectivity index (χ1) is 4.47. The van der Waals surface area contributed by atoms with Crippen molar-refractivity contribution < 1.29 is 0 Å². The van der Waals surface area contributed by atoms with Crippen molar-refractivity contribution in [3.63, 3.8) is 0 Å². The van der Waals surface area contributed by atoms with Crippen molar-refractivity contribution in [1.29, 1.82) is 0 Å². The van der Waals surface area contributed by atoms with Gasteiger partial charge in [-0.25, -0.2) is 0 Å². The third-order valence-corrected chi connectivity index (χ3v) is 2.56. The molecule has 2 nitrogen and oxygen atoms in total. The lowest BCUT2D eigenvalue weighted by Crippen LogP contribution is -2.32. The van der Waals surface area contributed by atoms with E-state index in [4.69, 9.17) is 0 Å². The average molecular weight is 163 g/mol. The Labute approximate surface area is 68.1 Å². The second kappa shape index (κ2) is 3.56. The molecule has 0 aromatic carbocycles. The molecule has 2 unspecified atom stereocenters. The molecule has 0 amide bonds. The van der Waals surface area contributed by atoms with Crippen LogP contribution >= 0.6 is 12.4 Å². The Morgan fingerprint density at radius 2 is 1.90 bits per heavy atom. The lowest BCUT2D eigenvalue weighted by atomic mass is 9.86. The van der Waals surface area contributed by atoms with Crippen molar-refractivity contribution >= 4 is 12.4 Å². The summed E-state index contributed by atoms with van der Waals surface area (Å²) in [6.07, 6.45) is 5.70. The zero-order chi connectivity index (χ0) is 6.10. The van der Waals surface area contributed by atoms with E-state index in [0.29, 0.717) is 0 Å². The maximum atomic E-state index is 3.31. The summed E-state index contributed by atoms with van der Waals surface area (Å²) in [5.74, 6) is 0.943. The van der Waals surface area contributed by atoms with E-state index >= 15 is 0 Å². The van der Waals surface area contributed by atoms with Crippen LogP contribution in [0.3, 0.4) is 0 Å². The third-order valence-electron chi connectivity index (χ3n) is 2.56. The van der Waals surface area contributed by atoms with Crippen LogP contribution in [0, 0.1) is 5.92 Å². The number of fused-ring (bicyclic) bond motifs is 1. The van der Waals surface area contributed by atoms with Crippen LogP contribution in [0.4, 0.5) is 0 Å². The minimum atomic E-state index is 0. The topological polar surface area (TPSA) is 24.1 Å². The van der Waals surface area contributed by atoms with E-state index < -0.39 is 0 Å². The molecule has 2 atom stereocenters. The minimum Gasteiger partial charge on any atom is -0.257 e. The van der Waals surface area contributed by atoms with Gasteiger partial charge in [-0.2, -0.15) is 0 Å². The van der Waals surface area contributed by atoms with Gasteiger partial charge in [0.05, 0.1) is 0 Å². The van der Waals surface area contributed by atoms with Gasteiger partial charge < -0.3 is 0 Å². The first-order valence-electron chi connectivity index (χ1n) is 3.95. The molecule has 1 heterocycles. The number of nitrogens with one attached hydrogen (secondary N) is 2. The van der Waals surface area contributed by atoms with Gasteiger partial charge in [-0.1, -0.05) is 12.8 Å². The molecular formula is C7H15ClN2. The van der Waals surface area contributed by atoms with E-state index in [1.54, 1.807) is 0 Å². The summed E-state index contributed by atoms with van der Waals surface area (Å²) in [5, 5.41) is 0. The van der Waals surface area contributed by atoms with Crippen LogP contribution in [0.2, 0.25) is 0 Å². The van der Waals surface area contributed by atoms with Gasteiger partial charge in [0.1, 0.15) is 0 Å². The molecule has 1 saturated carbocycles. The molecule has 2 rings (SSSR count). The Morgan fingerprint density at radius 3 is 2.70 bits per heavy atom. The van der Waals surface area contributed by atoms with Crippen molar-refractivity contribution in [3.8, 4) is 0 Å². The molecule has 0 bridgehead atoms. The fraction of sp³-hybridized carbons (Fsp3) is 1.00. The van der Waals surface area contributed by atoms with Crippen LogP contribution < -0.4 is 10.9 Å². The van der Waals surface area contributed by atoms with Gasteiger partial charge in [-0.3, -0.25) is 10.9 Å². The van der Waals surface area contributed by atoms with Crippen molar-refractivity contribution in [2.24, 2.45) is 5.92 Å². The summed E-state index contributed by atoms with van der Waals surface area (Å²) in [4.78, 5) is 0. The zero-order valence-corrected chi connectivity index (χ0v) is 6.91. The predicted molar refractivity (Wildman–Crippen MR) is 44.1 cm³/mol. The van der Waals surface area contributed by atoms with E-state index in [2.05, 4.69) is 10.9 Å². The molecule has 0 aromatic heterocycles. The second-order valence-electron chi connectivity index (χ2n) is 3.18. The van der Waals surface area contributed by atoms with Gasteiger partial charge in [-0.05, 0) is 18.8 Å². The largest absolute Gasteiger partial charge is 0.257 e. The Balaban J connectivity index is 0.000000500. The second-order valence-corrected chi connectivity index (χ2v) is 3.18. The van der Waals surface area contributed by atoms with E-state index in [-0.39, 0.29) is 12.4 Å². The Morgan fingerprint density at radius 1 is 1.10 bits per heavy atom. The molecule has 2 N–H and O–H groups in total. The molecule has 0 radical (unpaired) electrons. The molecule has 1 aliphatic carbocycles. The van der Waals surface area contributed by atoms with Crippen molar-refractivity contribution in [1.82, 2.24) is 10.9 Å². The normalized spacial score (nSPS) is 38.4. The van der Waals surface area contributed by atoms with Crippen LogP contribution in [0.5, 0.6) is 0 Å². The van der Waals surface area contributed by atoms with Crippen LogP contribution in [-0.4, -0.2) is 12.6 Å². The zero-order valence-electron chi connectivity index (χ0n) is 6.10. The highest BCUT2D eigenvalue weighted by atomic mass is 35.5. The molecule has 2 fully saturated rings. The SMILES string of the molecule is C1CCC2NNCC2C1.Cl. The molecule has 1 saturated heterocycles. The lowest BCUT2D eigenvalue weighted by Gasteiger charge is -2.22. The fourth-order valence-corrected chi connectivity index (χ4v) is 1.96. The quantitative estimate of drug-likeness (QED) is 0.557. The molecule has 0 aromatic rings. The van der Waals surface area contributed by atoms with Gasteiger partial charge in [0, 0.05) is 12.6 Å². The maximum Gasteiger partial charge on any atom is 0.0253 e. The van der Waals surface area contributed by atoms with Crippen molar-refractivity contribution in [2.75, 3.05) is 6.54 Å². The number of hydrogen-bond donors (Lipinski definition) is 2. The molecule has 3 heteroatoms. The summed E-state index contributed by atoms with van der Waals surface area (Å²) in [6, 6.07) is 0.804. The molecule has 1 aliphatic heterocycles. The summed E-state index contributed by atoms with van der Waals surface area (Å²) in [5.41, 5.74) is 6.52. The van der Waals surface area contributed by atoms with Gasteiger partial charge >= 0.3 is 0 Å². The molecule has 0 spiro atoms. The summed E-state index contributed by atoms with van der Waals surface area (Å²) >= 11 is 0. The number of hydrogen-bond acceptors (Lipinski definition) is 2. The van der Waals surface area contributed by atoms with E-state index in [1.807, 2.05) is 0 Å². The Kier molecular flexibility index (Phi) is 2.96. The van der Waals surface area contributed by atoms with E-state index in [9.17, 15) is 0 Å². The monoisotopic (exact) mass is 162 g/mol. The standard InChI is InChI=1S/C7H14N2.ClH/c1-2-4-7-6(3-1)5-8-9-7;/h6-9H,1-5H2;1H. The van der Waals surface area contributed by atoms with Crippen LogP contribution in [0.1, 0.15) is 25.7 Å².